The van der Waals surface area contributed by atoms with Crippen molar-refractivity contribution in [1.82, 2.24) is 14.7 Å². The van der Waals surface area contributed by atoms with Gasteiger partial charge in [0.15, 0.2) is 0 Å². The van der Waals surface area contributed by atoms with Gasteiger partial charge in [-0.05, 0) is 43.9 Å². The van der Waals surface area contributed by atoms with Crippen LogP contribution in [0.25, 0.3) is 0 Å². The van der Waals surface area contributed by atoms with E-state index in [4.69, 9.17) is 11.6 Å². The van der Waals surface area contributed by atoms with E-state index in [9.17, 15) is 4.79 Å². The Hall–Kier alpha value is -1.81. The molecule has 0 radical (unpaired) electrons. The zero-order valence-electron chi connectivity index (χ0n) is 14.6. The SMILES string of the molecule is Cn1nc(CN(C(=O)c2ccccc2Cl)C2CCCC2)cc1C1CC1. The molecule has 2 aliphatic rings. The Morgan fingerprint density at radius 1 is 1.24 bits per heavy atom. The molecule has 25 heavy (non-hydrogen) atoms. The predicted octanol–water partition coefficient (Wildman–Crippen LogP) is 4.54. The summed E-state index contributed by atoms with van der Waals surface area (Å²) in [5.41, 5.74) is 2.87. The van der Waals surface area contributed by atoms with Gasteiger partial charge in [0.1, 0.15) is 0 Å². The van der Waals surface area contributed by atoms with Crippen molar-refractivity contribution in [2.24, 2.45) is 7.05 Å². The molecule has 1 heterocycles. The van der Waals surface area contributed by atoms with Gasteiger partial charge in [0.2, 0.25) is 0 Å². The lowest BCUT2D eigenvalue weighted by Gasteiger charge is -2.28. The summed E-state index contributed by atoms with van der Waals surface area (Å²) in [5.74, 6) is 0.682. The summed E-state index contributed by atoms with van der Waals surface area (Å²) < 4.78 is 1.99. The van der Waals surface area contributed by atoms with Crippen LogP contribution in [0, 0.1) is 0 Å². The highest BCUT2D eigenvalue weighted by Crippen LogP contribution is 2.40. The minimum absolute atomic E-state index is 0.0242. The Balaban J connectivity index is 1.61. The van der Waals surface area contributed by atoms with E-state index >= 15 is 0 Å². The zero-order valence-corrected chi connectivity index (χ0v) is 15.4. The number of carbonyl (C=O) groups excluding carboxylic acids is 1. The van der Waals surface area contributed by atoms with Gasteiger partial charge in [-0.25, -0.2) is 0 Å². The first-order valence-corrected chi connectivity index (χ1v) is 9.59. The molecule has 0 atom stereocenters. The Morgan fingerprint density at radius 2 is 1.96 bits per heavy atom. The Kier molecular flexibility index (Phi) is 4.55. The molecule has 4 rings (SSSR count). The molecule has 5 heteroatoms. The third-order valence-corrected chi connectivity index (χ3v) is 5.75. The van der Waals surface area contributed by atoms with E-state index in [2.05, 4.69) is 11.2 Å². The molecule has 132 valence electrons. The smallest absolute Gasteiger partial charge is 0.255 e. The van der Waals surface area contributed by atoms with E-state index < -0.39 is 0 Å². The van der Waals surface area contributed by atoms with Crippen molar-refractivity contribution in [1.29, 1.82) is 0 Å². The predicted molar refractivity (Wildman–Crippen MR) is 98.8 cm³/mol. The fourth-order valence-electron chi connectivity index (χ4n) is 3.93. The van der Waals surface area contributed by atoms with Crippen LogP contribution in [0.15, 0.2) is 30.3 Å². The van der Waals surface area contributed by atoms with Crippen LogP contribution in [0.2, 0.25) is 5.02 Å². The highest BCUT2D eigenvalue weighted by molar-refractivity contribution is 6.33. The molecule has 2 saturated carbocycles. The van der Waals surface area contributed by atoms with Gasteiger partial charge in [0.05, 0.1) is 22.8 Å². The van der Waals surface area contributed by atoms with Crippen molar-refractivity contribution in [3.05, 3.63) is 52.3 Å². The molecule has 0 N–H and O–H groups in total. The lowest BCUT2D eigenvalue weighted by molar-refractivity contribution is 0.0661. The first-order chi connectivity index (χ1) is 12.1. The molecule has 0 bridgehead atoms. The topological polar surface area (TPSA) is 38.1 Å². The molecule has 4 nitrogen and oxygen atoms in total. The van der Waals surface area contributed by atoms with Crippen LogP contribution in [0.5, 0.6) is 0 Å². The van der Waals surface area contributed by atoms with Crippen molar-refractivity contribution in [3.8, 4) is 0 Å². The average molecular weight is 358 g/mol. The second kappa shape index (κ2) is 6.83. The van der Waals surface area contributed by atoms with Crippen molar-refractivity contribution >= 4 is 17.5 Å². The van der Waals surface area contributed by atoms with E-state index in [-0.39, 0.29) is 11.9 Å². The number of aryl methyl sites for hydroxylation is 1. The van der Waals surface area contributed by atoms with E-state index in [0.29, 0.717) is 23.0 Å². The van der Waals surface area contributed by atoms with Gasteiger partial charge in [-0.1, -0.05) is 36.6 Å². The molecular formula is C20H24ClN3O. The fraction of sp³-hybridized carbons (Fsp3) is 0.500. The second-order valence-electron chi connectivity index (χ2n) is 7.31. The maximum absolute atomic E-state index is 13.2. The molecule has 1 aromatic heterocycles. The van der Waals surface area contributed by atoms with Gasteiger partial charge < -0.3 is 4.90 Å². The Bertz CT molecular complexity index is 775. The van der Waals surface area contributed by atoms with Crippen molar-refractivity contribution in [2.75, 3.05) is 0 Å². The van der Waals surface area contributed by atoms with Gasteiger partial charge in [-0.2, -0.15) is 5.10 Å². The lowest BCUT2D eigenvalue weighted by atomic mass is 10.1. The lowest BCUT2D eigenvalue weighted by Crippen LogP contribution is -2.38. The summed E-state index contributed by atoms with van der Waals surface area (Å²) in [5, 5.41) is 5.19. The third-order valence-electron chi connectivity index (χ3n) is 5.43. The van der Waals surface area contributed by atoms with Crippen molar-refractivity contribution in [3.63, 3.8) is 0 Å². The van der Waals surface area contributed by atoms with Gasteiger partial charge in [0.25, 0.3) is 5.91 Å². The van der Waals surface area contributed by atoms with E-state index in [1.54, 1.807) is 6.07 Å². The first kappa shape index (κ1) is 16.6. The number of hydrogen-bond donors (Lipinski definition) is 0. The number of carbonyl (C=O) groups is 1. The molecule has 2 aliphatic carbocycles. The molecule has 2 fully saturated rings. The van der Waals surface area contributed by atoms with E-state index in [0.717, 1.165) is 18.5 Å². The van der Waals surface area contributed by atoms with E-state index in [1.807, 2.05) is 34.8 Å². The normalized spacial score (nSPS) is 17.8. The monoisotopic (exact) mass is 357 g/mol. The summed E-state index contributed by atoms with van der Waals surface area (Å²) in [7, 11) is 2.01. The highest BCUT2D eigenvalue weighted by Gasteiger charge is 2.31. The molecule has 0 aliphatic heterocycles. The molecule has 2 aromatic rings. The van der Waals surface area contributed by atoms with Gasteiger partial charge in [-0.3, -0.25) is 9.48 Å². The van der Waals surface area contributed by atoms with Crippen molar-refractivity contribution < 1.29 is 4.79 Å². The van der Waals surface area contributed by atoms with Gasteiger partial charge in [-0.15, -0.1) is 0 Å². The minimum Gasteiger partial charge on any atom is -0.330 e. The van der Waals surface area contributed by atoms with Crippen LogP contribution in [0.3, 0.4) is 0 Å². The van der Waals surface area contributed by atoms with Crippen LogP contribution in [0.4, 0.5) is 0 Å². The fourth-order valence-corrected chi connectivity index (χ4v) is 4.14. The summed E-state index contributed by atoms with van der Waals surface area (Å²) >= 11 is 6.28. The third kappa shape index (κ3) is 3.45. The number of halogens is 1. The number of aromatic nitrogens is 2. The average Bonchev–Trinajstić information content (AvgIpc) is 3.16. The minimum atomic E-state index is 0.0242. The number of amides is 1. The Morgan fingerprint density at radius 3 is 2.64 bits per heavy atom. The van der Waals surface area contributed by atoms with Crippen LogP contribution >= 0.6 is 11.6 Å². The number of hydrogen-bond acceptors (Lipinski definition) is 2. The summed E-state index contributed by atoms with van der Waals surface area (Å²) in [4.78, 5) is 15.2. The Labute approximate surface area is 153 Å². The highest BCUT2D eigenvalue weighted by atomic mass is 35.5. The molecule has 0 unspecified atom stereocenters. The standard InChI is InChI=1S/C20H24ClN3O/c1-23-19(14-10-11-14)12-15(22-23)13-24(16-6-2-3-7-16)20(25)17-8-4-5-9-18(17)21/h4-5,8-9,12,14,16H,2-3,6-7,10-11,13H2,1H3. The van der Waals surface area contributed by atoms with Crippen LogP contribution < -0.4 is 0 Å². The quantitative estimate of drug-likeness (QED) is 0.788. The van der Waals surface area contributed by atoms with Crippen LogP contribution in [-0.2, 0) is 13.6 Å². The zero-order chi connectivity index (χ0) is 17.4. The van der Waals surface area contributed by atoms with E-state index in [1.165, 1.54) is 31.4 Å². The maximum Gasteiger partial charge on any atom is 0.255 e. The first-order valence-electron chi connectivity index (χ1n) is 9.22. The van der Waals surface area contributed by atoms with Crippen LogP contribution in [0.1, 0.15) is 66.2 Å². The van der Waals surface area contributed by atoms with Crippen LogP contribution in [-0.4, -0.2) is 26.6 Å². The summed E-state index contributed by atoms with van der Waals surface area (Å²) in [6.45, 7) is 0.565. The second-order valence-corrected chi connectivity index (χ2v) is 7.72. The summed E-state index contributed by atoms with van der Waals surface area (Å²) in [6, 6.07) is 9.81. The molecule has 1 amide bonds. The van der Waals surface area contributed by atoms with Crippen molar-refractivity contribution in [2.45, 2.75) is 57.0 Å². The molecular weight excluding hydrogens is 334 g/mol. The molecule has 0 saturated heterocycles. The van der Waals surface area contributed by atoms with Gasteiger partial charge >= 0.3 is 0 Å². The number of rotatable bonds is 5. The molecule has 0 spiro atoms. The number of nitrogens with zero attached hydrogens (tertiary/aromatic N) is 3. The molecule has 1 aromatic carbocycles. The van der Waals surface area contributed by atoms with Gasteiger partial charge in [0, 0.05) is 24.7 Å². The summed E-state index contributed by atoms with van der Waals surface area (Å²) in [6.07, 6.45) is 7.02. The number of benzene rings is 1. The maximum atomic E-state index is 13.2. The largest absolute Gasteiger partial charge is 0.330 e.